The first kappa shape index (κ1) is 37.0. The van der Waals surface area contributed by atoms with E-state index >= 15 is 0 Å². The summed E-state index contributed by atoms with van der Waals surface area (Å²) in [5.74, 6) is -2.06. The fraction of sp³-hybridized carbons (Fsp3) is 0.576. The van der Waals surface area contributed by atoms with Crippen molar-refractivity contribution < 1.29 is 33.5 Å². The molecule has 1 heterocycles. The van der Waals surface area contributed by atoms with E-state index in [0.717, 1.165) is 5.56 Å². The summed E-state index contributed by atoms with van der Waals surface area (Å²) in [6.07, 6.45) is 4.05. The molecule has 0 radical (unpaired) electrons. The Morgan fingerprint density at radius 2 is 1.51 bits per heavy atom. The van der Waals surface area contributed by atoms with Crippen molar-refractivity contribution >= 4 is 41.3 Å². The molecule has 0 saturated heterocycles. The van der Waals surface area contributed by atoms with Gasteiger partial charge in [-0.05, 0) is 55.7 Å². The summed E-state index contributed by atoms with van der Waals surface area (Å²) in [4.78, 5) is 76.8. The number of anilines is 1. The Balaban J connectivity index is 1.77. The highest BCUT2D eigenvalue weighted by atomic mass is 16.6. The molecule has 12 nitrogen and oxygen atoms in total. The average molecular weight is 628 g/mol. The van der Waals surface area contributed by atoms with Gasteiger partial charge in [0.05, 0.1) is 0 Å². The summed E-state index contributed by atoms with van der Waals surface area (Å²) in [5, 5.41) is 8.19. The van der Waals surface area contributed by atoms with Crippen molar-refractivity contribution in [1.82, 2.24) is 20.4 Å². The van der Waals surface area contributed by atoms with Crippen molar-refractivity contribution in [2.45, 2.75) is 92.8 Å². The Kier molecular flexibility index (Phi) is 14.2. The molecule has 12 heteroatoms. The Bertz CT molecular complexity index is 1220. The van der Waals surface area contributed by atoms with Gasteiger partial charge in [0.2, 0.25) is 17.7 Å². The maximum atomic E-state index is 13.0. The lowest BCUT2D eigenvalue weighted by atomic mass is 9.96. The largest absolute Gasteiger partial charge is 0.445 e. The van der Waals surface area contributed by atoms with Gasteiger partial charge in [-0.25, -0.2) is 4.79 Å². The summed E-state index contributed by atoms with van der Waals surface area (Å²) in [5.41, 5.74) is 1.23. The third kappa shape index (κ3) is 12.7. The summed E-state index contributed by atoms with van der Waals surface area (Å²) in [6.45, 7) is 14.8. The second-order valence-electron chi connectivity index (χ2n) is 12.8. The molecule has 0 spiro atoms. The average Bonchev–Trinajstić information content (AvgIpc) is 3.29. The van der Waals surface area contributed by atoms with Crippen molar-refractivity contribution in [2.75, 3.05) is 25.0 Å². The van der Waals surface area contributed by atoms with Crippen molar-refractivity contribution in [3.8, 4) is 0 Å². The zero-order chi connectivity index (χ0) is 33.7. The molecule has 0 aliphatic carbocycles. The van der Waals surface area contributed by atoms with Gasteiger partial charge in [-0.3, -0.25) is 28.9 Å². The first-order valence-corrected chi connectivity index (χ1v) is 15.6. The zero-order valence-electron chi connectivity index (χ0n) is 27.6. The zero-order valence-corrected chi connectivity index (χ0v) is 27.6. The monoisotopic (exact) mass is 627 g/mol. The fourth-order valence-electron chi connectivity index (χ4n) is 4.58. The van der Waals surface area contributed by atoms with Gasteiger partial charge < -0.3 is 25.6 Å². The predicted molar refractivity (Wildman–Crippen MR) is 171 cm³/mol. The van der Waals surface area contributed by atoms with Crippen molar-refractivity contribution in [3.63, 3.8) is 0 Å². The van der Waals surface area contributed by atoms with Gasteiger partial charge in [0, 0.05) is 43.9 Å². The number of benzene rings is 1. The highest BCUT2D eigenvalue weighted by molar-refractivity contribution is 6.12. The van der Waals surface area contributed by atoms with Crippen molar-refractivity contribution in [1.29, 1.82) is 0 Å². The van der Waals surface area contributed by atoms with Gasteiger partial charge in [-0.15, -0.1) is 0 Å². The number of amides is 6. The summed E-state index contributed by atoms with van der Waals surface area (Å²) in [6, 6.07) is 5.18. The number of nitrogens with one attached hydrogen (secondary N) is 3. The van der Waals surface area contributed by atoms with E-state index in [4.69, 9.17) is 4.74 Å². The minimum absolute atomic E-state index is 0.0454. The molecule has 1 aromatic carbocycles. The molecule has 0 unspecified atom stereocenters. The van der Waals surface area contributed by atoms with E-state index in [1.807, 2.05) is 6.92 Å². The Labute approximate surface area is 266 Å². The molecule has 1 aliphatic heterocycles. The van der Waals surface area contributed by atoms with Crippen LogP contribution in [0.3, 0.4) is 0 Å². The first-order chi connectivity index (χ1) is 21.1. The Morgan fingerprint density at radius 3 is 2.07 bits per heavy atom. The number of rotatable bonds is 16. The molecule has 0 fully saturated rings. The molecule has 2 rings (SSSR count). The van der Waals surface area contributed by atoms with E-state index in [1.165, 1.54) is 17.1 Å². The maximum Gasteiger partial charge on any atom is 0.410 e. The van der Waals surface area contributed by atoms with Crippen LogP contribution < -0.4 is 16.0 Å². The summed E-state index contributed by atoms with van der Waals surface area (Å²) < 4.78 is 5.45. The maximum absolute atomic E-state index is 13.0. The Morgan fingerprint density at radius 1 is 0.889 bits per heavy atom. The number of carbonyl (C=O) groups excluding carboxylic acids is 6. The highest BCUT2D eigenvalue weighted by Gasteiger charge is 2.27. The molecule has 45 heavy (non-hydrogen) atoms. The van der Waals surface area contributed by atoms with E-state index < -0.39 is 23.9 Å². The fourth-order valence-corrected chi connectivity index (χ4v) is 4.58. The van der Waals surface area contributed by atoms with E-state index in [0.29, 0.717) is 44.6 Å². The van der Waals surface area contributed by atoms with E-state index in [2.05, 4.69) is 36.7 Å². The van der Waals surface area contributed by atoms with Crippen LogP contribution in [0.1, 0.15) is 79.7 Å². The van der Waals surface area contributed by atoms with E-state index in [9.17, 15) is 28.8 Å². The molecule has 248 valence electrons. The standard InChI is InChI=1S/C33H49N5O7/c1-8-37(21-33(5,6)7)32(44)45-20-24-13-15-25(16-14-24)35-30(42)23(4)34-31(43)29(22(2)3)36-26(39)12-10-9-11-19-38-27(40)17-18-28(38)41/h13-18,22-23,29H,8-12,19-21H2,1-7H3,(H,34,43)(H,35,42)(H,36,39)/t23-,29-/m0/s1. The molecule has 1 aliphatic rings. The lowest BCUT2D eigenvalue weighted by Gasteiger charge is -2.28. The van der Waals surface area contributed by atoms with Crippen molar-refractivity contribution in [3.05, 3.63) is 42.0 Å². The Hall–Kier alpha value is -4.22. The first-order valence-electron chi connectivity index (χ1n) is 15.6. The number of carbonyl (C=O) groups is 6. The van der Waals surface area contributed by atoms with Gasteiger partial charge in [0.1, 0.15) is 18.7 Å². The quantitative estimate of drug-likeness (QED) is 0.186. The smallest absolute Gasteiger partial charge is 0.410 e. The van der Waals surface area contributed by atoms with Crippen LogP contribution in [-0.2, 0) is 35.3 Å². The summed E-state index contributed by atoms with van der Waals surface area (Å²) in [7, 11) is 0. The molecular formula is C33H49N5O7. The lowest BCUT2D eigenvalue weighted by molar-refractivity contribution is -0.137. The highest BCUT2D eigenvalue weighted by Crippen LogP contribution is 2.17. The lowest BCUT2D eigenvalue weighted by Crippen LogP contribution is -2.53. The van der Waals surface area contributed by atoms with Crippen LogP contribution in [0.4, 0.5) is 10.5 Å². The van der Waals surface area contributed by atoms with Gasteiger partial charge in [0.25, 0.3) is 11.8 Å². The number of imide groups is 1. The number of nitrogens with zero attached hydrogens (tertiary/aromatic N) is 2. The summed E-state index contributed by atoms with van der Waals surface area (Å²) >= 11 is 0. The van der Waals surface area contributed by atoms with Crippen LogP contribution in [0.15, 0.2) is 36.4 Å². The molecule has 1 aromatic rings. The second-order valence-corrected chi connectivity index (χ2v) is 12.8. The van der Waals surface area contributed by atoms with Crippen molar-refractivity contribution in [2.24, 2.45) is 11.3 Å². The SMILES string of the molecule is CCN(CC(C)(C)C)C(=O)OCc1ccc(NC(=O)[C@H](C)NC(=O)[C@@H](NC(=O)CCCCCN2C(=O)C=CC2=O)C(C)C)cc1. The molecule has 2 atom stereocenters. The number of unbranched alkanes of at least 4 members (excludes halogenated alkanes) is 2. The van der Waals surface area contributed by atoms with Gasteiger partial charge in [-0.1, -0.05) is 53.2 Å². The number of ether oxygens (including phenoxy) is 1. The number of hydrogen-bond acceptors (Lipinski definition) is 7. The predicted octanol–water partition coefficient (Wildman–Crippen LogP) is 3.76. The second kappa shape index (κ2) is 17.3. The van der Waals surface area contributed by atoms with Crippen LogP contribution in [0.5, 0.6) is 0 Å². The van der Waals surface area contributed by atoms with Crippen LogP contribution in [0.2, 0.25) is 0 Å². The molecule has 0 bridgehead atoms. The third-order valence-corrected chi connectivity index (χ3v) is 7.09. The van der Waals surface area contributed by atoms with Gasteiger partial charge in [-0.2, -0.15) is 0 Å². The van der Waals surface area contributed by atoms with Gasteiger partial charge >= 0.3 is 6.09 Å². The molecule has 6 amide bonds. The van der Waals surface area contributed by atoms with Crippen LogP contribution in [0, 0.1) is 11.3 Å². The van der Waals surface area contributed by atoms with Crippen LogP contribution in [-0.4, -0.2) is 77.1 Å². The minimum Gasteiger partial charge on any atom is -0.445 e. The van der Waals surface area contributed by atoms with E-state index in [1.54, 1.807) is 49.9 Å². The van der Waals surface area contributed by atoms with Crippen LogP contribution >= 0.6 is 0 Å². The third-order valence-electron chi connectivity index (χ3n) is 7.09. The molecule has 0 saturated carbocycles. The molecule has 3 N–H and O–H groups in total. The molecule has 0 aromatic heterocycles. The number of hydrogen-bond donors (Lipinski definition) is 3. The topological polar surface area (TPSA) is 154 Å². The van der Waals surface area contributed by atoms with E-state index in [-0.39, 0.29) is 48.2 Å². The van der Waals surface area contributed by atoms with Crippen LogP contribution in [0.25, 0.3) is 0 Å². The minimum atomic E-state index is -0.871. The normalized spacial score (nSPS) is 14.3. The van der Waals surface area contributed by atoms with Gasteiger partial charge in [0.15, 0.2) is 0 Å². The molecular weight excluding hydrogens is 578 g/mol.